The Labute approximate surface area is 177 Å². The fourth-order valence-corrected chi connectivity index (χ4v) is 4.29. The number of nitrogens with zero attached hydrogens (tertiary/aromatic N) is 3. The Kier molecular flexibility index (Phi) is 5.99. The zero-order valence-electron chi connectivity index (χ0n) is 16.0. The summed E-state index contributed by atoms with van der Waals surface area (Å²) in [6.45, 7) is 4.82. The van der Waals surface area contributed by atoms with Crippen LogP contribution in [0.3, 0.4) is 0 Å². The topological polar surface area (TPSA) is 49.6 Å². The Hall–Kier alpha value is -2.22. The Balaban J connectivity index is 1.34. The maximum atomic E-state index is 14.0. The molecule has 0 saturated carbocycles. The molecule has 152 valence electrons. The molecule has 0 spiro atoms. The van der Waals surface area contributed by atoms with Crippen LogP contribution >= 0.6 is 22.9 Å². The lowest BCUT2D eigenvalue weighted by Gasteiger charge is -2.35. The number of benzene rings is 1. The first-order valence-corrected chi connectivity index (χ1v) is 10.7. The Morgan fingerprint density at radius 2 is 2.03 bits per heavy atom. The number of amides is 1. The quantitative estimate of drug-likeness (QED) is 0.598. The molecule has 3 heterocycles. The molecule has 5 nitrogen and oxygen atoms in total. The van der Waals surface area contributed by atoms with Gasteiger partial charge < -0.3 is 9.32 Å². The number of aryl methyl sites for hydroxylation is 1. The van der Waals surface area contributed by atoms with Gasteiger partial charge in [0.2, 0.25) is 11.8 Å². The molecular formula is C21H21ClFN3O2S. The van der Waals surface area contributed by atoms with Crippen LogP contribution in [0.15, 0.2) is 40.1 Å². The number of carbonyl (C=O) groups is 1. The molecule has 2 aromatic heterocycles. The van der Waals surface area contributed by atoms with E-state index < -0.39 is 0 Å². The van der Waals surface area contributed by atoms with Gasteiger partial charge in [0.1, 0.15) is 11.6 Å². The van der Waals surface area contributed by atoms with Crippen molar-refractivity contribution in [2.45, 2.75) is 19.9 Å². The van der Waals surface area contributed by atoms with E-state index in [0.29, 0.717) is 60.7 Å². The van der Waals surface area contributed by atoms with E-state index in [4.69, 9.17) is 16.0 Å². The van der Waals surface area contributed by atoms with Crippen molar-refractivity contribution in [3.05, 3.63) is 63.6 Å². The maximum Gasteiger partial charge on any atom is 0.236 e. The summed E-state index contributed by atoms with van der Waals surface area (Å²) in [7, 11) is 0. The second kappa shape index (κ2) is 8.65. The summed E-state index contributed by atoms with van der Waals surface area (Å²) >= 11 is 7.68. The van der Waals surface area contributed by atoms with E-state index in [1.807, 2.05) is 29.3 Å². The summed E-state index contributed by atoms with van der Waals surface area (Å²) in [5.74, 6) is 0.975. The van der Waals surface area contributed by atoms with Crippen molar-refractivity contribution in [2.24, 2.45) is 0 Å². The first-order chi connectivity index (χ1) is 14.0. The van der Waals surface area contributed by atoms with Gasteiger partial charge in [0, 0.05) is 43.3 Å². The van der Waals surface area contributed by atoms with Gasteiger partial charge in [0.25, 0.3) is 0 Å². The van der Waals surface area contributed by atoms with E-state index in [0.717, 1.165) is 4.88 Å². The van der Waals surface area contributed by atoms with Crippen LogP contribution in [0.4, 0.5) is 4.39 Å². The fraction of sp³-hybridized carbons (Fsp3) is 0.333. The van der Waals surface area contributed by atoms with Crippen molar-refractivity contribution in [2.75, 3.05) is 26.2 Å². The van der Waals surface area contributed by atoms with Crippen LogP contribution < -0.4 is 0 Å². The third-order valence-electron chi connectivity index (χ3n) is 5.11. The largest absolute Gasteiger partial charge is 0.440 e. The van der Waals surface area contributed by atoms with Gasteiger partial charge in [-0.25, -0.2) is 9.37 Å². The highest BCUT2D eigenvalue weighted by molar-refractivity contribution is 7.13. The van der Waals surface area contributed by atoms with Crippen molar-refractivity contribution in [3.8, 4) is 10.8 Å². The molecule has 29 heavy (non-hydrogen) atoms. The fourth-order valence-electron chi connectivity index (χ4n) is 3.42. The lowest BCUT2D eigenvalue weighted by Crippen LogP contribution is -2.48. The van der Waals surface area contributed by atoms with Gasteiger partial charge in [-0.1, -0.05) is 23.7 Å². The number of aromatic nitrogens is 1. The summed E-state index contributed by atoms with van der Waals surface area (Å²) in [5, 5.41) is 2.40. The molecule has 0 atom stereocenters. The van der Waals surface area contributed by atoms with Crippen molar-refractivity contribution in [3.63, 3.8) is 0 Å². The molecule has 1 aliphatic rings. The SMILES string of the molecule is Cc1oc(-c2cccs2)nc1CC(=O)N1CCN(Cc2c(F)cccc2Cl)CC1. The molecule has 1 fully saturated rings. The number of halogens is 2. The van der Waals surface area contributed by atoms with Gasteiger partial charge in [-0.15, -0.1) is 11.3 Å². The third kappa shape index (κ3) is 4.52. The number of hydrogen-bond acceptors (Lipinski definition) is 5. The van der Waals surface area contributed by atoms with Gasteiger partial charge in [0.15, 0.2) is 0 Å². The molecule has 1 amide bonds. The van der Waals surface area contributed by atoms with Gasteiger partial charge in [0.05, 0.1) is 17.0 Å². The summed E-state index contributed by atoms with van der Waals surface area (Å²) in [6.07, 6.45) is 0.222. The van der Waals surface area contributed by atoms with Crippen LogP contribution in [0.2, 0.25) is 5.02 Å². The van der Waals surface area contributed by atoms with Gasteiger partial charge in [-0.3, -0.25) is 9.69 Å². The molecule has 0 unspecified atom stereocenters. The van der Waals surface area contributed by atoms with Crippen LogP contribution in [0, 0.1) is 12.7 Å². The second-order valence-corrected chi connectivity index (χ2v) is 8.39. The van der Waals surface area contributed by atoms with Gasteiger partial charge in [-0.05, 0) is 30.5 Å². The van der Waals surface area contributed by atoms with Gasteiger partial charge >= 0.3 is 0 Å². The minimum Gasteiger partial charge on any atom is -0.440 e. The number of oxazole rings is 1. The Bertz CT molecular complexity index is 977. The van der Waals surface area contributed by atoms with Crippen LogP contribution in [-0.2, 0) is 17.8 Å². The number of piperazine rings is 1. The Morgan fingerprint density at radius 3 is 2.72 bits per heavy atom. The lowest BCUT2D eigenvalue weighted by atomic mass is 10.1. The molecule has 1 aliphatic heterocycles. The zero-order valence-corrected chi connectivity index (χ0v) is 17.6. The number of thiophene rings is 1. The highest BCUT2D eigenvalue weighted by atomic mass is 35.5. The molecule has 1 saturated heterocycles. The monoisotopic (exact) mass is 433 g/mol. The van der Waals surface area contributed by atoms with E-state index in [9.17, 15) is 9.18 Å². The van der Waals surface area contributed by atoms with Crippen molar-refractivity contribution in [1.82, 2.24) is 14.8 Å². The minimum atomic E-state index is -0.293. The molecule has 0 radical (unpaired) electrons. The minimum absolute atomic E-state index is 0.0303. The number of hydrogen-bond donors (Lipinski definition) is 0. The van der Waals surface area contributed by atoms with E-state index in [1.165, 1.54) is 6.07 Å². The molecule has 4 rings (SSSR count). The molecule has 0 aliphatic carbocycles. The van der Waals surface area contributed by atoms with E-state index in [2.05, 4.69) is 9.88 Å². The Morgan fingerprint density at radius 1 is 1.24 bits per heavy atom. The van der Waals surface area contributed by atoms with E-state index >= 15 is 0 Å². The second-order valence-electron chi connectivity index (χ2n) is 7.03. The van der Waals surface area contributed by atoms with E-state index in [1.54, 1.807) is 23.5 Å². The maximum absolute atomic E-state index is 14.0. The highest BCUT2D eigenvalue weighted by Gasteiger charge is 2.24. The molecular weight excluding hydrogens is 413 g/mol. The first kappa shape index (κ1) is 20.1. The van der Waals surface area contributed by atoms with Crippen LogP contribution in [0.1, 0.15) is 17.0 Å². The average molecular weight is 434 g/mol. The predicted octanol–water partition coefficient (Wildman–Crippen LogP) is 4.39. The predicted molar refractivity (Wildman–Crippen MR) is 112 cm³/mol. The summed E-state index contributed by atoms with van der Waals surface area (Å²) in [5.41, 5.74) is 1.19. The van der Waals surface area contributed by atoms with Crippen molar-refractivity contribution in [1.29, 1.82) is 0 Å². The van der Waals surface area contributed by atoms with Crippen molar-refractivity contribution >= 4 is 28.8 Å². The van der Waals surface area contributed by atoms with Crippen LogP contribution in [0.25, 0.3) is 10.8 Å². The smallest absolute Gasteiger partial charge is 0.236 e. The molecule has 0 bridgehead atoms. The van der Waals surface area contributed by atoms with Crippen molar-refractivity contribution < 1.29 is 13.6 Å². The number of carbonyl (C=O) groups excluding carboxylic acids is 1. The summed E-state index contributed by atoms with van der Waals surface area (Å²) < 4.78 is 19.7. The lowest BCUT2D eigenvalue weighted by molar-refractivity contribution is -0.132. The third-order valence-corrected chi connectivity index (χ3v) is 6.32. The zero-order chi connectivity index (χ0) is 20.4. The molecule has 1 aromatic carbocycles. The molecule has 8 heteroatoms. The van der Waals surface area contributed by atoms with Gasteiger partial charge in [-0.2, -0.15) is 0 Å². The standard InChI is InChI=1S/C21H21ClFN3O2S/c1-14-18(24-21(28-14)19-6-3-11-29-19)12-20(27)26-9-7-25(8-10-26)13-15-16(22)4-2-5-17(15)23/h2-6,11H,7-10,12-13H2,1H3. The van der Waals surface area contributed by atoms with Crippen LogP contribution in [-0.4, -0.2) is 46.9 Å². The van der Waals surface area contributed by atoms with Crippen LogP contribution in [0.5, 0.6) is 0 Å². The average Bonchev–Trinajstić information content (AvgIpc) is 3.36. The van der Waals surface area contributed by atoms with E-state index in [-0.39, 0.29) is 18.1 Å². The highest BCUT2D eigenvalue weighted by Crippen LogP contribution is 2.26. The number of rotatable bonds is 5. The first-order valence-electron chi connectivity index (χ1n) is 9.44. The molecule has 3 aromatic rings. The molecule has 0 N–H and O–H groups in total. The normalized spacial score (nSPS) is 15.1. The summed E-state index contributed by atoms with van der Waals surface area (Å²) in [6, 6.07) is 8.62. The summed E-state index contributed by atoms with van der Waals surface area (Å²) in [4.78, 5) is 22.1.